The van der Waals surface area contributed by atoms with Crippen LogP contribution in [0.4, 0.5) is 0 Å². The van der Waals surface area contributed by atoms with Crippen molar-refractivity contribution >= 4 is 17.0 Å². The number of halogens is 2. The molecule has 4 heteroatoms. The van der Waals surface area contributed by atoms with Gasteiger partial charge in [-0.3, -0.25) is 4.90 Å². The summed E-state index contributed by atoms with van der Waals surface area (Å²) in [5.41, 5.74) is 2.93. The van der Waals surface area contributed by atoms with Crippen molar-refractivity contribution < 1.29 is 21.5 Å². The van der Waals surface area contributed by atoms with Gasteiger partial charge in [-0.25, -0.2) is 4.57 Å². The maximum absolute atomic E-state index is 2.49. The average Bonchev–Trinajstić information content (AvgIpc) is 2.89. The summed E-state index contributed by atoms with van der Waals surface area (Å²) in [6, 6.07) is 5.14. The minimum Gasteiger partial charge on any atom is -1.00 e. The van der Waals surface area contributed by atoms with Crippen LogP contribution in [0.1, 0.15) is 64.0 Å². The lowest BCUT2D eigenvalue weighted by Gasteiger charge is -2.18. The van der Waals surface area contributed by atoms with Gasteiger partial charge in [-0.2, -0.15) is 0 Å². The number of nitrogens with zero attached hydrogens (tertiary/aromatic N) is 2. The van der Waals surface area contributed by atoms with Gasteiger partial charge in [-0.1, -0.05) is 11.6 Å². The van der Waals surface area contributed by atoms with Crippen molar-refractivity contribution in [2.24, 2.45) is 0 Å². The molecule has 2 rings (SSSR count). The lowest BCUT2D eigenvalue weighted by molar-refractivity contribution is -0.697. The summed E-state index contributed by atoms with van der Waals surface area (Å²) in [6.07, 6.45) is 14.7. The number of pyridine rings is 1. The maximum atomic E-state index is 2.49. The first-order valence-corrected chi connectivity index (χ1v) is 8.49. The first kappa shape index (κ1) is 22.8. The van der Waals surface area contributed by atoms with Gasteiger partial charge in [0.15, 0.2) is 12.4 Å². The fraction of sp³-hybridized carbons (Fsp3) is 0.632. The number of likely N-dealkylation sites (tertiary alicyclic amines) is 1. The number of aryl methyl sites for hydroxylation is 1. The van der Waals surface area contributed by atoms with Crippen LogP contribution in [0.3, 0.4) is 0 Å². The second kappa shape index (κ2) is 12.2. The topological polar surface area (TPSA) is 7.12 Å². The monoisotopic (exact) mass is 446 g/mol. The summed E-state index contributed by atoms with van der Waals surface area (Å²) >= 11 is 0. The zero-order valence-electron chi connectivity index (χ0n) is 14.8. The van der Waals surface area contributed by atoms with E-state index in [1.807, 2.05) is 0 Å². The molecule has 1 aromatic heterocycles. The first-order valence-electron chi connectivity index (χ1n) is 8.49. The highest BCUT2D eigenvalue weighted by molar-refractivity contribution is 8.93. The Morgan fingerprint density at radius 2 is 2.09 bits per heavy atom. The maximum Gasteiger partial charge on any atom is 0.173 e. The quantitative estimate of drug-likeness (QED) is 0.351. The van der Waals surface area contributed by atoms with Crippen LogP contribution in [-0.4, -0.2) is 18.5 Å². The fourth-order valence-electron chi connectivity index (χ4n) is 3.22. The number of hydrogen-bond acceptors (Lipinski definition) is 1. The van der Waals surface area contributed by atoms with E-state index in [1.165, 1.54) is 56.2 Å². The molecule has 1 aliphatic rings. The van der Waals surface area contributed by atoms with E-state index in [-0.39, 0.29) is 34.0 Å². The molecule has 0 bridgehead atoms. The Morgan fingerprint density at radius 3 is 2.74 bits per heavy atom. The smallest absolute Gasteiger partial charge is 0.173 e. The third-order valence-corrected chi connectivity index (χ3v) is 4.46. The number of aromatic nitrogens is 1. The molecule has 1 fully saturated rings. The van der Waals surface area contributed by atoms with E-state index in [9.17, 15) is 0 Å². The Hall–Kier alpha value is -0.190. The van der Waals surface area contributed by atoms with Crippen LogP contribution in [0.5, 0.6) is 0 Å². The molecule has 0 amide bonds. The summed E-state index contributed by atoms with van der Waals surface area (Å²) in [5.74, 6) is 0. The predicted molar refractivity (Wildman–Crippen MR) is 99.5 cm³/mol. The Labute approximate surface area is 163 Å². The lowest BCUT2D eigenvalue weighted by atomic mass is 10.1. The van der Waals surface area contributed by atoms with Gasteiger partial charge >= 0.3 is 0 Å². The molecule has 1 aliphatic heterocycles. The molecule has 0 saturated carbocycles. The fourth-order valence-corrected chi connectivity index (χ4v) is 3.22. The van der Waals surface area contributed by atoms with Crippen LogP contribution >= 0.6 is 17.0 Å². The highest BCUT2D eigenvalue weighted by Crippen LogP contribution is 2.29. The average molecular weight is 448 g/mol. The van der Waals surface area contributed by atoms with Gasteiger partial charge in [-0.15, -0.1) is 17.0 Å². The molecular formula is C19H32Br2N2. The Bertz CT molecular complexity index is 470. The van der Waals surface area contributed by atoms with Crippen molar-refractivity contribution in [3.8, 4) is 0 Å². The third-order valence-electron chi connectivity index (χ3n) is 4.46. The van der Waals surface area contributed by atoms with Crippen molar-refractivity contribution in [1.29, 1.82) is 0 Å². The number of allylic oxidation sites excluding steroid dienone is 2. The van der Waals surface area contributed by atoms with Gasteiger partial charge in [0.1, 0.15) is 6.54 Å². The van der Waals surface area contributed by atoms with Crippen LogP contribution in [0, 0.1) is 0 Å². The zero-order chi connectivity index (χ0) is 15.1. The van der Waals surface area contributed by atoms with Crippen LogP contribution in [0.25, 0.3) is 0 Å². The summed E-state index contributed by atoms with van der Waals surface area (Å²) in [4.78, 5) is 2.49. The molecule has 2 heterocycles. The molecule has 1 atom stereocenters. The van der Waals surface area contributed by atoms with Crippen LogP contribution in [0.2, 0.25) is 0 Å². The normalized spacial score (nSPS) is 17.3. The van der Waals surface area contributed by atoms with E-state index in [0.717, 1.165) is 6.54 Å². The van der Waals surface area contributed by atoms with Gasteiger partial charge in [0.2, 0.25) is 0 Å². The molecule has 1 unspecified atom stereocenters. The molecule has 1 aromatic rings. The lowest BCUT2D eigenvalue weighted by Crippen LogP contribution is -3.00. The van der Waals surface area contributed by atoms with E-state index < -0.39 is 0 Å². The third kappa shape index (κ3) is 7.95. The molecule has 0 radical (unpaired) electrons. The van der Waals surface area contributed by atoms with Crippen molar-refractivity contribution in [3.05, 3.63) is 41.7 Å². The van der Waals surface area contributed by atoms with Gasteiger partial charge in [0, 0.05) is 24.1 Å². The first-order chi connectivity index (χ1) is 10.2. The minimum atomic E-state index is 0. The molecule has 132 valence electrons. The minimum absolute atomic E-state index is 0. The Balaban J connectivity index is 0.00000242. The van der Waals surface area contributed by atoms with Crippen molar-refractivity contribution in [2.75, 3.05) is 13.6 Å². The standard InChI is InChI=1S/C19H31N2.2BrH/c1-17(2)10-6-4-5-7-14-21-15-8-11-18(16-21)19-12-9-13-20(19)3;;/h8,10-11,15-16,19H,4-7,9,12-14H2,1-3H3;2*1H/q+1;;/p-1. The van der Waals surface area contributed by atoms with Crippen LogP contribution < -0.4 is 21.5 Å². The molecular weight excluding hydrogens is 416 g/mol. The molecule has 0 aliphatic carbocycles. The number of hydrogen-bond donors (Lipinski definition) is 0. The summed E-state index contributed by atoms with van der Waals surface area (Å²) < 4.78 is 2.38. The van der Waals surface area contributed by atoms with Gasteiger partial charge in [-0.05, 0) is 65.6 Å². The molecule has 1 saturated heterocycles. The molecule has 2 nitrogen and oxygen atoms in total. The zero-order valence-corrected chi connectivity index (χ0v) is 18.1. The van der Waals surface area contributed by atoms with E-state index in [0.29, 0.717) is 6.04 Å². The molecule has 0 aromatic carbocycles. The SMILES string of the molecule is Br.CC(C)=CCCCCC[n+]1cccc(C2CCCN2C)c1.[Br-]. The van der Waals surface area contributed by atoms with Crippen molar-refractivity contribution in [1.82, 2.24) is 4.90 Å². The second-order valence-electron chi connectivity index (χ2n) is 6.64. The molecule has 0 spiro atoms. The summed E-state index contributed by atoms with van der Waals surface area (Å²) in [7, 11) is 2.25. The highest BCUT2D eigenvalue weighted by atomic mass is 79.9. The summed E-state index contributed by atoms with van der Waals surface area (Å²) in [6.45, 7) is 6.76. The van der Waals surface area contributed by atoms with Crippen LogP contribution in [0.15, 0.2) is 36.2 Å². The molecule has 0 N–H and O–H groups in total. The number of unbranched alkanes of at least 4 members (excludes halogenated alkanes) is 3. The van der Waals surface area contributed by atoms with Gasteiger partial charge < -0.3 is 17.0 Å². The van der Waals surface area contributed by atoms with Gasteiger partial charge in [0.25, 0.3) is 0 Å². The van der Waals surface area contributed by atoms with Crippen LogP contribution in [-0.2, 0) is 6.54 Å². The summed E-state index contributed by atoms with van der Waals surface area (Å²) in [5, 5.41) is 0. The number of rotatable bonds is 7. The predicted octanol–water partition coefficient (Wildman–Crippen LogP) is 1.85. The Morgan fingerprint density at radius 1 is 1.30 bits per heavy atom. The van der Waals surface area contributed by atoms with E-state index >= 15 is 0 Å². The molecule has 23 heavy (non-hydrogen) atoms. The van der Waals surface area contributed by atoms with E-state index in [1.54, 1.807) is 0 Å². The van der Waals surface area contributed by atoms with Crippen molar-refractivity contribution in [2.45, 2.75) is 65.0 Å². The van der Waals surface area contributed by atoms with Crippen molar-refractivity contribution in [3.63, 3.8) is 0 Å². The highest BCUT2D eigenvalue weighted by Gasteiger charge is 2.24. The largest absolute Gasteiger partial charge is 1.00 e. The Kier molecular flexibility index (Phi) is 12.1. The van der Waals surface area contributed by atoms with Gasteiger partial charge in [0.05, 0.1) is 0 Å². The van der Waals surface area contributed by atoms with E-state index in [4.69, 9.17) is 0 Å². The second-order valence-corrected chi connectivity index (χ2v) is 6.64. The van der Waals surface area contributed by atoms with E-state index in [2.05, 4.69) is 61.0 Å².